The van der Waals surface area contributed by atoms with E-state index in [1.165, 1.54) is 5.56 Å². The lowest BCUT2D eigenvalue weighted by molar-refractivity contribution is -0.0704. The lowest BCUT2D eigenvalue weighted by atomic mass is 10.1. The maximum atomic E-state index is 6.07. The number of fused-ring (bicyclic) bond motifs is 1. The van der Waals surface area contributed by atoms with Crippen LogP contribution in [0.1, 0.15) is 19.4 Å². The predicted octanol–water partition coefficient (Wildman–Crippen LogP) is 4.76. The summed E-state index contributed by atoms with van der Waals surface area (Å²) < 4.78 is 11.7. The summed E-state index contributed by atoms with van der Waals surface area (Å²) in [5.41, 5.74) is 3.80. The minimum atomic E-state index is 0.272. The number of halogens is 1. The number of aromatic nitrogens is 1. The molecular formula is C20H21ClN2O2. The first-order chi connectivity index (χ1) is 12.1. The molecule has 0 amide bonds. The summed E-state index contributed by atoms with van der Waals surface area (Å²) in [7, 11) is 0. The van der Waals surface area contributed by atoms with Gasteiger partial charge in [0, 0.05) is 30.2 Å². The van der Waals surface area contributed by atoms with Crippen molar-refractivity contribution in [2.24, 2.45) is 0 Å². The van der Waals surface area contributed by atoms with Gasteiger partial charge in [-0.05, 0) is 49.7 Å². The molecule has 4 rings (SSSR count). The van der Waals surface area contributed by atoms with Crippen LogP contribution in [0.3, 0.4) is 0 Å². The van der Waals surface area contributed by atoms with Crippen molar-refractivity contribution in [3.8, 4) is 11.5 Å². The number of morpholine rings is 1. The Balaban J connectivity index is 1.58. The van der Waals surface area contributed by atoms with E-state index in [1.54, 1.807) is 0 Å². The molecule has 1 aromatic heterocycles. The molecule has 2 heterocycles. The maximum absolute atomic E-state index is 6.07. The molecule has 5 heteroatoms. The molecule has 1 saturated heterocycles. The van der Waals surface area contributed by atoms with Crippen LogP contribution in [0.2, 0.25) is 5.02 Å². The number of rotatable bonds is 3. The van der Waals surface area contributed by atoms with Gasteiger partial charge in [0.25, 0.3) is 0 Å². The van der Waals surface area contributed by atoms with Crippen LogP contribution in [0.4, 0.5) is 0 Å². The van der Waals surface area contributed by atoms with Crippen molar-refractivity contribution >= 4 is 22.7 Å². The second-order valence-corrected chi connectivity index (χ2v) is 7.22. The second kappa shape index (κ2) is 6.79. The molecule has 25 heavy (non-hydrogen) atoms. The number of oxazole rings is 1. The van der Waals surface area contributed by atoms with Crippen molar-refractivity contribution in [1.29, 1.82) is 0 Å². The fourth-order valence-corrected chi connectivity index (χ4v) is 3.68. The third kappa shape index (κ3) is 3.71. The zero-order valence-corrected chi connectivity index (χ0v) is 15.2. The number of ether oxygens (including phenoxy) is 1. The van der Waals surface area contributed by atoms with Crippen LogP contribution in [0.25, 0.3) is 22.6 Å². The molecule has 2 atom stereocenters. The Hall–Kier alpha value is -1.88. The monoisotopic (exact) mass is 356 g/mol. The van der Waals surface area contributed by atoms with E-state index in [9.17, 15) is 0 Å². The lowest BCUT2D eigenvalue weighted by Gasteiger charge is -2.35. The Morgan fingerprint density at radius 2 is 1.92 bits per heavy atom. The lowest BCUT2D eigenvalue weighted by Crippen LogP contribution is -2.44. The first kappa shape index (κ1) is 16.6. The molecule has 130 valence electrons. The average molecular weight is 357 g/mol. The molecular weight excluding hydrogens is 336 g/mol. The van der Waals surface area contributed by atoms with E-state index in [4.69, 9.17) is 20.8 Å². The van der Waals surface area contributed by atoms with Gasteiger partial charge in [0.2, 0.25) is 5.89 Å². The van der Waals surface area contributed by atoms with Gasteiger partial charge >= 0.3 is 0 Å². The number of nitrogens with zero attached hydrogens (tertiary/aromatic N) is 2. The Bertz CT molecular complexity index is 882. The van der Waals surface area contributed by atoms with Gasteiger partial charge in [0.15, 0.2) is 5.58 Å². The molecule has 0 N–H and O–H groups in total. The van der Waals surface area contributed by atoms with Gasteiger partial charge in [-0.2, -0.15) is 0 Å². The molecule has 2 unspecified atom stereocenters. The van der Waals surface area contributed by atoms with Crippen LogP contribution < -0.4 is 0 Å². The highest BCUT2D eigenvalue weighted by Gasteiger charge is 2.22. The number of hydrogen-bond donors (Lipinski definition) is 0. The van der Waals surface area contributed by atoms with Gasteiger partial charge in [-0.3, -0.25) is 4.90 Å². The average Bonchev–Trinajstić information content (AvgIpc) is 2.97. The Morgan fingerprint density at radius 3 is 2.68 bits per heavy atom. The SMILES string of the molecule is CC1CN(Cc2ccc3oc(-c4cccc(Cl)c4)nc3c2)CC(C)O1. The van der Waals surface area contributed by atoms with E-state index < -0.39 is 0 Å². The third-order valence-electron chi connectivity index (χ3n) is 4.42. The standard InChI is InChI=1S/C20H21ClN2O2/c1-13-10-23(11-14(2)24-13)12-15-6-7-19-18(8-15)22-20(25-19)16-4-3-5-17(21)9-16/h3-9,13-14H,10-12H2,1-2H3. The largest absolute Gasteiger partial charge is 0.436 e. The first-order valence-electron chi connectivity index (χ1n) is 8.60. The van der Waals surface area contributed by atoms with Crippen LogP contribution in [0, 0.1) is 0 Å². The normalized spacial score (nSPS) is 21.7. The summed E-state index contributed by atoms with van der Waals surface area (Å²) >= 11 is 6.07. The summed E-state index contributed by atoms with van der Waals surface area (Å²) in [5, 5.41) is 0.677. The summed E-state index contributed by atoms with van der Waals surface area (Å²) in [6.45, 7) is 7.05. The van der Waals surface area contributed by atoms with Gasteiger partial charge in [-0.15, -0.1) is 0 Å². The zero-order valence-electron chi connectivity index (χ0n) is 14.4. The first-order valence-corrected chi connectivity index (χ1v) is 8.98. The van der Waals surface area contributed by atoms with E-state index in [0.29, 0.717) is 10.9 Å². The van der Waals surface area contributed by atoms with Crippen LogP contribution in [0.15, 0.2) is 46.9 Å². The van der Waals surface area contributed by atoms with E-state index in [0.717, 1.165) is 36.3 Å². The molecule has 0 spiro atoms. The summed E-state index contributed by atoms with van der Waals surface area (Å²) in [6.07, 6.45) is 0.544. The highest BCUT2D eigenvalue weighted by atomic mass is 35.5. The molecule has 3 aromatic rings. The summed E-state index contributed by atoms with van der Waals surface area (Å²) in [5.74, 6) is 0.600. The minimum Gasteiger partial charge on any atom is -0.436 e. The molecule has 0 aliphatic carbocycles. The van der Waals surface area contributed by atoms with Crippen LogP contribution in [-0.2, 0) is 11.3 Å². The highest BCUT2D eigenvalue weighted by Crippen LogP contribution is 2.27. The number of hydrogen-bond acceptors (Lipinski definition) is 4. The van der Waals surface area contributed by atoms with Crippen LogP contribution in [0.5, 0.6) is 0 Å². The van der Waals surface area contributed by atoms with E-state index >= 15 is 0 Å². The summed E-state index contributed by atoms with van der Waals surface area (Å²) in [6, 6.07) is 13.8. The van der Waals surface area contributed by atoms with Crippen molar-refractivity contribution in [2.75, 3.05) is 13.1 Å². The van der Waals surface area contributed by atoms with Gasteiger partial charge in [0.1, 0.15) is 5.52 Å². The minimum absolute atomic E-state index is 0.272. The quantitative estimate of drug-likeness (QED) is 0.678. The van der Waals surface area contributed by atoms with Gasteiger partial charge in [-0.1, -0.05) is 23.7 Å². The molecule has 0 radical (unpaired) electrons. The molecule has 1 aliphatic heterocycles. The van der Waals surface area contributed by atoms with Crippen molar-refractivity contribution < 1.29 is 9.15 Å². The van der Waals surface area contributed by atoms with Gasteiger partial charge in [-0.25, -0.2) is 4.98 Å². The highest BCUT2D eigenvalue weighted by molar-refractivity contribution is 6.30. The fourth-order valence-electron chi connectivity index (χ4n) is 3.49. The molecule has 0 bridgehead atoms. The second-order valence-electron chi connectivity index (χ2n) is 6.78. The molecule has 0 saturated carbocycles. The summed E-state index contributed by atoms with van der Waals surface area (Å²) in [4.78, 5) is 7.07. The van der Waals surface area contributed by atoms with Crippen molar-refractivity contribution in [3.63, 3.8) is 0 Å². The molecule has 1 aliphatic rings. The number of benzene rings is 2. The van der Waals surface area contributed by atoms with Crippen molar-refractivity contribution in [3.05, 3.63) is 53.1 Å². The molecule has 4 nitrogen and oxygen atoms in total. The predicted molar refractivity (Wildman–Crippen MR) is 99.7 cm³/mol. The molecule has 1 fully saturated rings. The van der Waals surface area contributed by atoms with Crippen LogP contribution >= 0.6 is 11.6 Å². The van der Waals surface area contributed by atoms with E-state index in [2.05, 4.69) is 35.9 Å². The Kier molecular flexibility index (Phi) is 4.50. The topological polar surface area (TPSA) is 38.5 Å². The smallest absolute Gasteiger partial charge is 0.227 e. The van der Waals surface area contributed by atoms with Gasteiger partial charge < -0.3 is 9.15 Å². The van der Waals surface area contributed by atoms with Crippen molar-refractivity contribution in [2.45, 2.75) is 32.6 Å². The fraction of sp³-hybridized carbons (Fsp3) is 0.350. The maximum Gasteiger partial charge on any atom is 0.227 e. The van der Waals surface area contributed by atoms with Crippen LogP contribution in [-0.4, -0.2) is 35.2 Å². The third-order valence-corrected chi connectivity index (χ3v) is 4.66. The molecule has 2 aromatic carbocycles. The Labute approximate surface area is 152 Å². The van der Waals surface area contributed by atoms with Crippen molar-refractivity contribution in [1.82, 2.24) is 9.88 Å². The van der Waals surface area contributed by atoms with E-state index in [1.807, 2.05) is 30.3 Å². The Morgan fingerprint density at radius 1 is 1.12 bits per heavy atom. The van der Waals surface area contributed by atoms with E-state index in [-0.39, 0.29) is 12.2 Å². The zero-order chi connectivity index (χ0) is 17.4. The van der Waals surface area contributed by atoms with Gasteiger partial charge in [0.05, 0.1) is 12.2 Å².